The van der Waals surface area contributed by atoms with Crippen molar-refractivity contribution in [2.24, 2.45) is 5.92 Å². The highest BCUT2D eigenvalue weighted by atomic mass is 16.4. The summed E-state index contributed by atoms with van der Waals surface area (Å²) in [5.41, 5.74) is 0. The molecule has 1 atom stereocenters. The summed E-state index contributed by atoms with van der Waals surface area (Å²) in [6, 6.07) is 0.690. The molecule has 3 nitrogen and oxygen atoms in total. The first-order valence-corrected chi connectivity index (χ1v) is 6.01. The molecule has 0 spiro atoms. The first kappa shape index (κ1) is 12.5. The fourth-order valence-electron chi connectivity index (χ4n) is 2.53. The summed E-state index contributed by atoms with van der Waals surface area (Å²) < 4.78 is 0. The second kappa shape index (κ2) is 6.11. The van der Waals surface area contributed by atoms with Gasteiger partial charge in [0.15, 0.2) is 0 Å². The van der Waals surface area contributed by atoms with Crippen molar-refractivity contribution in [2.45, 2.75) is 51.5 Å². The van der Waals surface area contributed by atoms with Gasteiger partial charge >= 0.3 is 5.97 Å². The molecule has 1 saturated carbocycles. The van der Waals surface area contributed by atoms with Gasteiger partial charge in [0.05, 0.1) is 0 Å². The molecule has 1 N–H and O–H groups in total. The second-order valence-corrected chi connectivity index (χ2v) is 4.93. The third-order valence-electron chi connectivity index (χ3n) is 3.32. The minimum Gasteiger partial charge on any atom is -0.481 e. The molecule has 3 heteroatoms. The van der Waals surface area contributed by atoms with Gasteiger partial charge in [-0.25, -0.2) is 0 Å². The summed E-state index contributed by atoms with van der Waals surface area (Å²) in [7, 11) is 2.13. The Morgan fingerprint density at radius 3 is 2.53 bits per heavy atom. The molecule has 0 aromatic carbocycles. The lowest BCUT2D eigenvalue weighted by molar-refractivity contribution is -0.138. The largest absolute Gasteiger partial charge is 0.481 e. The molecule has 1 aliphatic carbocycles. The maximum Gasteiger partial charge on any atom is 0.303 e. The molecule has 1 rings (SSSR count). The number of rotatable bonds is 5. The molecule has 1 aliphatic rings. The van der Waals surface area contributed by atoms with E-state index in [0.29, 0.717) is 6.04 Å². The maximum absolute atomic E-state index is 10.5. The van der Waals surface area contributed by atoms with Gasteiger partial charge in [0.1, 0.15) is 0 Å². The Bertz CT molecular complexity index is 200. The van der Waals surface area contributed by atoms with Crippen LogP contribution < -0.4 is 0 Å². The lowest BCUT2D eigenvalue weighted by Crippen LogP contribution is -2.36. The van der Waals surface area contributed by atoms with E-state index in [-0.39, 0.29) is 12.3 Å². The average molecular weight is 213 g/mol. The van der Waals surface area contributed by atoms with Gasteiger partial charge in [0, 0.05) is 19.0 Å². The van der Waals surface area contributed by atoms with Gasteiger partial charge in [-0.2, -0.15) is 0 Å². The Morgan fingerprint density at radius 1 is 1.40 bits per heavy atom. The third kappa shape index (κ3) is 4.65. The van der Waals surface area contributed by atoms with Crippen LogP contribution in [0.25, 0.3) is 0 Å². The fraction of sp³-hybridized carbons (Fsp3) is 0.917. The van der Waals surface area contributed by atoms with Gasteiger partial charge in [-0.3, -0.25) is 4.79 Å². The molecule has 0 aromatic rings. The highest BCUT2D eigenvalue weighted by Crippen LogP contribution is 2.22. The van der Waals surface area contributed by atoms with Crippen molar-refractivity contribution in [1.29, 1.82) is 0 Å². The molecule has 15 heavy (non-hydrogen) atoms. The van der Waals surface area contributed by atoms with Gasteiger partial charge in [0.2, 0.25) is 0 Å². The van der Waals surface area contributed by atoms with Crippen LogP contribution in [0.4, 0.5) is 0 Å². The quantitative estimate of drug-likeness (QED) is 0.762. The van der Waals surface area contributed by atoms with Crippen molar-refractivity contribution >= 4 is 5.97 Å². The molecule has 1 unspecified atom stereocenters. The Morgan fingerprint density at radius 2 is 2.00 bits per heavy atom. The van der Waals surface area contributed by atoms with Gasteiger partial charge in [-0.05, 0) is 25.8 Å². The molecule has 0 aromatic heterocycles. The molecular formula is C12H23NO2. The summed E-state index contributed by atoms with van der Waals surface area (Å²) in [5, 5.41) is 8.69. The van der Waals surface area contributed by atoms with Crippen LogP contribution in [0.3, 0.4) is 0 Å². The van der Waals surface area contributed by atoms with E-state index in [0.717, 1.165) is 6.54 Å². The van der Waals surface area contributed by atoms with Crippen LogP contribution in [0.15, 0.2) is 0 Å². The number of hydrogen-bond donors (Lipinski definition) is 1. The van der Waals surface area contributed by atoms with Crippen molar-refractivity contribution in [3.05, 3.63) is 0 Å². The highest BCUT2D eigenvalue weighted by molar-refractivity contribution is 5.66. The highest BCUT2D eigenvalue weighted by Gasteiger charge is 2.20. The zero-order chi connectivity index (χ0) is 11.3. The fourth-order valence-corrected chi connectivity index (χ4v) is 2.53. The van der Waals surface area contributed by atoms with Crippen LogP contribution in [0.2, 0.25) is 0 Å². The van der Waals surface area contributed by atoms with Crippen molar-refractivity contribution in [1.82, 2.24) is 4.90 Å². The Balaban J connectivity index is 2.26. The molecule has 0 aliphatic heterocycles. The second-order valence-electron chi connectivity index (χ2n) is 4.93. The third-order valence-corrected chi connectivity index (χ3v) is 3.32. The summed E-state index contributed by atoms with van der Waals surface area (Å²) >= 11 is 0. The first-order chi connectivity index (χ1) is 7.09. The van der Waals surface area contributed by atoms with E-state index in [1.165, 1.54) is 32.1 Å². The van der Waals surface area contributed by atoms with E-state index < -0.39 is 5.97 Å². The summed E-state index contributed by atoms with van der Waals surface area (Å²) in [6.45, 7) is 2.93. The number of carboxylic acids is 1. The molecule has 0 bridgehead atoms. The van der Waals surface area contributed by atoms with E-state index in [1.54, 1.807) is 0 Å². The normalized spacial score (nSPS) is 20.5. The van der Waals surface area contributed by atoms with E-state index in [4.69, 9.17) is 5.11 Å². The number of aliphatic carboxylic acids is 1. The summed E-state index contributed by atoms with van der Waals surface area (Å²) in [4.78, 5) is 12.9. The Hall–Kier alpha value is -0.570. The van der Waals surface area contributed by atoms with Gasteiger partial charge in [-0.15, -0.1) is 0 Å². The standard InChI is InChI=1S/C12H23NO2/c1-10(8-12(14)15)9-13(2)11-6-4-3-5-7-11/h10-11H,3-9H2,1-2H3,(H,14,15). The molecular weight excluding hydrogens is 190 g/mol. The van der Waals surface area contributed by atoms with Gasteiger partial charge in [-0.1, -0.05) is 26.2 Å². The monoisotopic (exact) mass is 213 g/mol. The van der Waals surface area contributed by atoms with E-state index in [2.05, 4.69) is 11.9 Å². The van der Waals surface area contributed by atoms with Crippen LogP contribution in [0, 0.1) is 5.92 Å². The van der Waals surface area contributed by atoms with Crippen molar-refractivity contribution in [3.63, 3.8) is 0 Å². The molecule has 88 valence electrons. The van der Waals surface area contributed by atoms with Gasteiger partial charge in [0.25, 0.3) is 0 Å². The molecule has 0 saturated heterocycles. The number of hydrogen-bond acceptors (Lipinski definition) is 2. The average Bonchev–Trinajstić information content (AvgIpc) is 2.17. The molecule has 0 heterocycles. The minimum atomic E-state index is -0.681. The molecule has 0 amide bonds. The number of nitrogens with zero attached hydrogens (tertiary/aromatic N) is 1. The predicted octanol–water partition coefficient (Wildman–Crippen LogP) is 2.36. The summed E-state index contributed by atoms with van der Waals surface area (Å²) in [6.07, 6.45) is 6.91. The molecule has 1 fully saturated rings. The smallest absolute Gasteiger partial charge is 0.303 e. The van der Waals surface area contributed by atoms with E-state index >= 15 is 0 Å². The zero-order valence-corrected chi connectivity index (χ0v) is 9.91. The van der Waals surface area contributed by atoms with Crippen LogP contribution >= 0.6 is 0 Å². The van der Waals surface area contributed by atoms with Crippen molar-refractivity contribution in [2.75, 3.05) is 13.6 Å². The van der Waals surface area contributed by atoms with Crippen LogP contribution in [-0.4, -0.2) is 35.6 Å². The van der Waals surface area contributed by atoms with Crippen LogP contribution in [0.5, 0.6) is 0 Å². The van der Waals surface area contributed by atoms with E-state index in [1.807, 2.05) is 6.92 Å². The Kier molecular flexibility index (Phi) is 5.09. The van der Waals surface area contributed by atoms with Crippen molar-refractivity contribution in [3.8, 4) is 0 Å². The predicted molar refractivity (Wildman–Crippen MR) is 60.9 cm³/mol. The minimum absolute atomic E-state index is 0.259. The number of carboxylic acid groups (broad SMARTS) is 1. The van der Waals surface area contributed by atoms with Crippen LogP contribution in [0.1, 0.15) is 45.4 Å². The SMILES string of the molecule is CC(CC(=O)O)CN(C)C1CCCCC1. The lowest BCUT2D eigenvalue weighted by atomic mass is 9.93. The van der Waals surface area contributed by atoms with Crippen LogP contribution in [-0.2, 0) is 4.79 Å². The molecule has 0 radical (unpaired) electrons. The Labute approximate surface area is 92.5 Å². The maximum atomic E-state index is 10.5. The number of carbonyl (C=O) groups is 1. The lowest BCUT2D eigenvalue weighted by Gasteiger charge is -2.32. The van der Waals surface area contributed by atoms with Gasteiger partial charge < -0.3 is 10.0 Å². The van der Waals surface area contributed by atoms with Crippen molar-refractivity contribution < 1.29 is 9.90 Å². The zero-order valence-electron chi connectivity index (χ0n) is 9.91. The van der Waals surface area contributed by atoms with E-state index in [9.17, 15) is 4.79 Å². The topological polar surface area (TPSA) is 40.5 Å². The summed E-state index contributed by atoms with van der Waals surface area (Å²) in [5.74, 6) is -0.422. The first-order valence-electron chi connectivity index (χ1n) is 6.01.